The van der Waals surface area contributed by atoms with E-state index in [1.54, 1.807) is 0 Å². The van der Waals surface area contributed by atoms with Crippen LogP contribution in [0.25, 0.3) is 72.0 Å². The molecular weight excluding hydrogens is 677 g/mol. The van der Waals surface area contributed by atoms with Crippen LogP contribution in [0.5, 0.6) is 0 Å². The molecule has 0 amide bonds. The number of aromatic nitrogens is 1. The van der Waals surface area contributed by atoms with Gasteiger partial charge in [0.15, 0.2) is 0 Å². The lowest BCUT2D eigenvalue weighted by molar-refractivity contribution is 1.17. The zero-order chi connectivity index (χ0) is 37.3. The molecule has 2 heteroatoms. The molecule has 10 aromatic rings. The topological polar surface area (TPSA) is 8.17 Å². The van der Waals surface area contributed by atoms with Gasteiger partial charge in [0.05, 0.1) is 16.7 Å². The van der Waals surface area contributed by atoms with E-state index >= 15 is 0 Å². The monoisotopic (exact) mass is 714 g/mol. The van der Waals surface area contributed by atoms with Crippen molar-refractivity contribution in [3.05, 3.63) is 231 Å². The molecule has 0 aliphatic carbocycles. The van der Waals surface area contributed by atoms with Crippen molar-refractivity contribution in [1.82, 2.24) is 4.57 Å². The molecule has 264 valence electrons. The molecule has 2 nitrogen and oxygen atoms in total. The second-order valence-electron chi connectivity index (χ2n) is 14.1. The summed E-state index contributed by atoms with van der Waals surface area (Å²) in [7, 11) is 0. The summed E-state index contributed by atoms with van der Waals surface area (Å²) in [5, 5.41) is 2.52. The predicted molar refractivity (Wildman–Crippen MR) is 237 cm³/mol. The second-order valence-corrected chi connectivity index (χ2v) is 14.1. The molecule has 1 heterocycles. The third-order valence-corrected chi connectivity index (χ3v) is 10.8. The molecule has 0 aliphatic heterocycles. The molecule has 56 heavy (non-hydrogen) atoms. The molecule has 0 N–H and O–H groups in total. The molecule has 0 radical (unpaired) electrons. The van der Waals surface area contributed by atoms with Crippen LogP contribution in [0.2, 0.25) is 0 Å². The lowest BCUT2D eigenvalue weighted by Crippen LogP contribution is -2.11. The summed E-state index contributed by atoms with van der Waals surface area (Å²) in [6.45, 7) is 0. The zero-order valence-corrected chi connectivity index (χ0v) is 30.8. The van der Waals surface area contributed by atoms with Crippen molar-refractivity contribution in [2.45, 2.75) is 0 Å². The van der Waals surface area contributed by atoms with Crippen LogP contribution in [0.15, 0.2) is 231 Å². The molecule has 9 aromatic carbocycles. The first-order valence-corrected chi connectivity index (χ1v) is 19.2. The average molecular weight is 715 g/mol. The Labute approximate surface area is 327 Å². The average Bonchev–Trinajstić information content (AvgIpc) is 3.62. The molecule has 0 saturated carbocycles. The van der Waals surface area contributed by atoms with Gasteiger partial charge in [-0.3, -0.25) is 0 Å². The number of nitrogens with zero attached hydrogens (tertiary/aromatic N) is 2. The Kier molecular flexibility index (Phi) is 8.55. The van der Waals surface area contributed by atoms with E-state index in [4.69, 9.17) is 0 Å². The van der Waals surface area contributed by atoms with E-state index in [1.165, 1.54) is 60.8 Å². The van der Waals surface area contributed by atoms with Crippen molar-refractivity contribution >= 4 is 38.9 Å². The summed E-state index contributed by atoms with van der Waals surface area (Å²) in [5.74, 6) is 0. The minimum absolute atomic E-state index is 1.08. The maximum absolute atomic E-state index is 2.39. The maximum atomic E-state index is 2.39. The summed E-state index contributed by atoms with van der Waals surface area (Å²) in [6, 6.07) is 83.1. The van der Waals surface area contributed by atoms with Crippen LogP contribution in [-0.2, 0) is 0 Å². The van der Waals surface area contributed by atoms with Gasteiger partial charge in [0, 0.05) is 33.4 Å². The second kappa shape index (κ2) is 14.4. The third kappa shape index (κ3) is 5.95. The lowest BCUT2D eigenvalue weighted by Gasteiger charge is -2.29. The molecule has 0 unspecified atom stereocenters. The number of fused-ring (bicyclic) bond motifs is 3. The number of para-hydroxylation sites is 4. The Morgan fingerprint density at radius 3 is 1.41 bits per heavy atom. The van der Waals surface area contributed by atoms with Gasteiger partial charge in [0.2, 0.25) is 0 Å². The van der Waals surface area contributed by atoms with Crippen LogP contribution in [0.3, 0.4) is 0 Å². The van der Waals surface area contributed by atoms with Gasteiger partial charge in [-0.1, -0.05) is 170 Å². The maximum Gasteiger partial charge on any atom is 0.0541 e. The Hall–Kier alpha value is -7.42. The molecular formula is C54H38N2. The lowest BCUT2D eigenvalue weighted by atomic mass is 9.87. The fourth-order valence-corrected chi connectivity index (χ4v) is 8.25. The molecule has 0 fully saturated rings. The highest BCUT2D eigenvalue weighted by Gasteiger charge is 2.21. The molecule has 0 atom stereocenters. The molecule has 0 bridgehead atoms. The highest BCUT2D eigenvalue weighted by molar-refractivity contribution is 6.09. The van der Waals surface area contributed by atoms with E-state index in [0.29, 0.717) is 0 Å². The Balaban J connectivity index is 1.14. The Bertz CT molecular complexity index is 2890. The SMILES string of the molecule is c1ccc(-c2ccc(-c3ccccc3)c(-c3ccccc3-c3ccccc3N(c3ccccc3)c3ccc(-n4c5ccccc5c5ccccc54)cc3)c2)cc1. The van der Waals surface area contributed by atoms with Gasteiger partial charge in [-0.05, 0) is 99.6 Å². The normalized spacial score (nSPS) is 11.2. The van der Waals surface area contributed by atoms with E-state index in [0.717, 1.165) is 28.3 Å². The fourth-order valence-electron chi connectivity index (χ4n) is 8.25. The smallest absolute Gasteiger partial charge is 0.0541 e. The van der Waals surface area contributed by atoms with Crippen molar-refractivity contribution < 1.29 is 0 Å². The summed E-state index contributed by atoms with van der Waals surface area (Å²) in [4.78, 5) is 2.39. The number of rotatable bonds is 8. The predicted octanol–water partition coefficient (Wildman–Crippen LogP) is 14.9. The van der Waals surface area contributed by atoms with E-state index in [1.807, 2.05) is 0 Å². The minimum atomic E-state index is 1.08. The van der Waals surface area contributed by atoms with Gasteiger partial charge in [0.25, 0.3) is 0 Å². The van der Waals surface area contributed by atoms with Crippen LogP contribution in [0, 0.1) is 0 Å². The highest BCUT2D eigenvalue weighted by Crippen LogP contribution is 2.46. The van der Waals surface area contributed by atoms with E-state index < -0.39 is 0 Å². The van der Waals surface area contributed by atoms with E-state index in [9.17, 15) is 0 Å². The van der Waals surface area contributed by atoms with Crippen molar-refractivity contribution in [1.29, 1.82) is 0 Å². The fraction of sp³-hybridized carbons (Fsp3) is 0. The molecule has 10 rings (SSSR count). The van der Waals surface area contributed by atoms with Crippen molar-refractivity contribution in [2.24, 2.45) is 0 Å². The van der Waals surface area contributed by atoms with Crippen molar-refractivity contribution in [2.75, 3.05) is 4.90 Å². The number of anilines is 3. The number of hydrogen-bond acceptors (Lipinski definition) is 1. The van der Waals surface area contributed by atoms with Crippen LogP contribution in [-0.4, -0.2) is 4.57 Å². The van der Waals surface area contributed by atoms with Gasteiger partial charge in [-0.2, -0.15) is 0 Å². The van der Waals surface area contributed by atoms with Crippen molar-refractivity contribution in [3.63, 3.8) is 0 Å². The first-order chi connectivity index (χ1) is 27.8. The largest absolute Gasteiger partial charge is 0.310 e. The standard InChI is InChI=1S/C54H38N2/c1-4-18-39(19-5-1)41-32-37-45(40-20-6-2-7-21-40)51(38-41)47-25-11-10-24-46(47)48-26-12-15-29-52(48)55(42-22-8-3-9-23-42)43-33-35-44(36-34-43)56-53-30-16-13-27-49(53)50-28-14-17-31-54(50)56/h1-38H. The first-order valence-electron chi connectivity index (χ1n) is 19.2. The summed E-state index contributed by atoms with van der Waals surface area (Å²) in [6.07, 6.45) is 0. The van der Waals surface area contributed by atoms with Crippen LogP contribution >= 0.6 is 0 Å². The van der Waals surface area contributed by atoms with Crippen LogP contribution < -0.4 is 4.90 Å². The highest BCUT2D eigenvalue weighted by atomic mass is 15.1. The molecule has 0 aliphatic rings. The van der Waals surface area contributed by atoms with Crippen LogP contribution in [0.4, 0.5) is 17.1 Å². The van der Waals surface area contributed by atoms with Crippen molar-refractivity contribution in [3.8, 4) is 50.2 Å². The van der Waals surface area contributed by atoms with E-state index in [2.05, 4.69) is 240 Å². The summed E-state index contributed by atoms with van der Waals surface area (Å²) < 4.78 is 2.37. The molecule has 0 saturated heterocycles. The first kappa shape index (κ1) is 33.2. The Morgan fingerprint density at radius 2 is 0.768 bits per heavy atom. The quantitative estimate of drug-likeness (QED) is 0.152. The molecule has 1 aromatic heterocycles. The van der Waals surface area contributed by atoms with Gasteiger partial charge in [0.1, 0.15) is 0 Å². The molecule has 0 spiro atoms. The zero-order valence-electron chi connectivity index (χ0n) is 30.8. The number of benzene rings is 9. The minimum Gasteiger partial charge on any atom is -0.310 e. The summed E-state index contributed by atoms with van der Waals surface area (Å²) in [5.41, 5.74) is 16.3. The van der Waals surface area contributed by atoms with Gasteiger partial charge in [-0.25, -0.2) is 0 Å². The van der Waals surface area contributed by atoms with E-state index in [-0.39, 0.29) is 0 Å². The van der Waals surface area contributed by atoms with Gasteiger partial charge >= 0.3 is 0 Å². The van der Waals surface area contributed by atoms with Gasteiger partial charge in [-0.15, -0.1) is 0 Å². The summed E-state index contributed by atoms with van der Waals surface area (Å²) >= 11 is 0. The van der Waals surface area contributed by atoms with Crippen LogP contribution in [0.1, 0.15) is 0 Å². The number of hydrogen-bond donors (Lipinski definition) is 0. The third-order valence-electron chi connectivity index (χ3n) is 10.8. The Morgan fingerprint density at radius 1 is 0.286 bits per heavy atom. The van der Waals surface area contributed by atoms with Gasteiger partial charge < -0.3 is 9.47 Å².